The molecule has 19 heavy (non-hydrogen) atoms. The molecule has 1 aromatic carbocycles. The number of fused-ring (bicyclic) bond motifs is 1. The van der Waals surface area contributed by atoms with Crippen molar-refractivity contribution in [2.45, 2.75) is 18.6 Å². The number of carbonyl (C=O) groups excluding carboxylic acids is 1. The van der Waals surface area contributed by atoms with Crippen molar-refractivity contribution < 1.29 is 23.8 Å². The number of carbonyl (C=O) groups is 2. The minimum Gasteiger partial charge on any atom is -0.480 e. The van der Waals surface area contributed by atoms with E-state index in [9.17, 15) is 14.0 Å². The number of rotatable bonds is 4. The van der Waals surface area contributed by atoms with Gasteiger partial charge in [-0.25, -0.2) is 9.18 Å². The Hall–Kier alpha value is -1.95. The molecule has 0 saturated carbocycles. The molecule has 2 unspecified atom stereocenters. The summed E-state index contributed by atoms with van der Waals surface area (Å²) in [5.41, 5.74) is 1.69. The SMILES string of the molecule is O=C(O)C(CF)NC(=O)C1OCCc2ccccc21. The molecule has 0 saturated heterocycles. The van der Waals surface area contributed by atoms with Crippen LogP contribution in [0.2, 0.25) is 0 Å². The highest BCUT2D eigenvalue weighted by molar-refractivity contribution is 5.87. The maximum absolute atomic E-state index is 12.5. The monoisotopic (exact) mass is 267 g/mol. The molecular weight excluding hydrogens is 253 g/mol. The Kier molecular flexibility index (Phi) is 4.11. The van der Waals surface area contributed by atoms with Crippen molar-refractivity contribution in [1.82, 2.24) is 5.32 Å². The van der Waals surface area contributed by atoms with E-state index in [4.69, 9.17) is 9.84 Å². The van der Waals surface area contributed by atoms with E-state index in [1.165, 1.54) is 0 Å². The fourth-order valence-electron chi connectivity index (χ4n) is 2.02. The zero-order valence-electron chi connectivity index (χ0n) is 10.1. The first-order valence-corrected chi connectivity index (χ1v) is 5.92. The molecule has 1 amide bonds. The Bertz CT molecular complexity index is 491. The van der Waals surface area contributed by atoms with E-state index in [1.54, 1.807) is 12.1 Å². The number of carboxylic acid groups (broad SMARTS) is 1. The van der Waals surface area contributed by atoms with Gasteiger partial charge in [-0.1, -0.05) is 24.3 Å². The number of hydrogen-bond acceptors (Lipinski definition) is 3. The van der Waals surface area contributed by atoms with Gasteiger partial charge in [-0.2, -0.15) is 0 Å². The van der Waals surface area contributed by atoms with Crippen LogP contribution in [0, 0.1) is 0 Å². The molecule has 6 heteroatoms. The number of hydrogen-bond donors (Lipinski definition) is 2. The van der Waals surface area contributed by atoms with Crippen molar-refractivity contribution in [2.24, 2.45) is 0 Å². The van der Waals surface area contributed by atoms with Crippen LogP contribution in [0.25, 0.3) is 0 Å². The Balaban J connectivity index is 2.15. The van der Waals surface area contributed by atoms with Gasteiger partial charge in [0.2, 0.25) is 0 Å². The molecule has 2 atom stereocenters. The second-order valence-electron chi connectivity index (χ2n) is 4.25. The predicted octanol–water partition coefficient (Wildman–Crippen LogP) is 0.839. The molecule has 0 spiro atoms. The number of nitrogens with one attached hydrogen (secondary N) is 1. The predicted molar refractivity (Wildman–Crippen MR) is 64.4 cm³/mol. The van der Waals surface area contributed by atoms with Gasteiger partial charge in [0, 0.05) is 0 Å². The fourth-order valence-corrected chi connectivity index (χ4v) is 2.02. The molecule has 0 radical (unpaired) electrons. The first-order valence-electron chi connectivity index (χ1n) is 5.92. The average Bonchev–Trinajstić information content (AvgIpc) is 2.43. The summed E-state index contributed by atoms with van der Waals surface area (Å²) >= 11 is 0. The number of benzene rings is 1. The van der Waals surface area contributed by atoms with Crippen LogP contribution in [0.3, 0.4) is 0 Å². The van der Waals surface area contributed by atoms with Crippen molar-refractivity contribution in [3.63, 3.8) is 0 Å². The lowest BCUT2D eigenvalue weighted by Gasteiger charge is -2.26. The van der Waals surface area contributed by atoms with Crippen LogP contribution in [0.5, 0.6) is 0 Å². The van der Waals surface area contributed by atoms with Crippen LogP contribution in [-0.4, -0.2) is 36.3 Å². The van der Waals surface area contributed by atoms with Gasteiger partial charge in [-0.05, 0) is 17.5 Å². The molecule has 1 aromatic rings. The summed E-state index contributed by atoms with van der Waals surface area (Å²) in [5, 5.41) is 10.9. The van der Waals surface area contributed by atoms with Gasteiger partial charge in [0.1, 0.15) is 6.67 Å². The number of ether oxygens (including phenoxy) is 1. The third-order valence-electron chi connectivity index (χ3n) is 3.00. The van der Waals surface area contributed by atoms with Gasteiger partial charge in [-0.15, -0.1) is 0 Å². The summed E-state index contributed by atoms with van der Waals surface area (Å²) in [6.45, 7) is -0.780. The first kappa shape index (κ1) is 13.5. The van der Waals surface area contributed by atoms with Gasteiger partial charge in [0.05, 0.1) is 6.61 Å². The van der Waals surface area contributed by atoms with E-state index in [-0.39, 0.29) is 0 Å². The Morgan fingerprint density at radius 3 is 2.89 bits per heavy atom. The van der Waals surface area contributed by atoms with Crippen molar-refractivity contribution in [2.75, 3.05) is 13.3 Å². The molecule has 102 valence electrons. The number of aliphatic carboxylic acids is 1. The minimum atomic E-state index is -1.54. The molecule has 0 bridgehead atoms. The quantitative estimate of drug-likeness (QED) is 0.847. The maximum atomic E-state index is 12.5. The lowest BCUT2D eigenvalue weighted by atomic mass is 9.97. The van der Waals surface area contributed by atoms with Crippen molar-refractivity contribution in [3.05, 3.63) is 35.4 Å². The molecular formula is C13H14FNO4. The normalized spacial score (nSPS) is 19.3. The lowest BCUT2D eigenvalue weighted by molar-refractivity contribution is -0.145. The smallest absolute Gasteiger partial charge is 0.328 e. The zero-order chi connectivity index (χ0) is 13.8. The van der Waals surface area contributed by atoms with E-state index in [1.807, 2.05) is 12.1 Å². The molecule has 2 N–H and O–H groups in total. The highest BCUT2D eigenvalue weighted by Gasteiger charge is 2.30. The number of carboxylic acids is 1. The van der Waals surface area contributed by atoms with E-state index in [2.05, 4.69) is 5.32 Å². The van der Waals surface area contributed by atoms with Crippen LogP contribution in [0.15, 0.2) is 24.3 Å². The van der Waals surface area contributed by atoms with Crippen LogP contribution < -0.4 is 5.32 Å². The summed E-state index contributed by atoms with van der Waals surface area (Å²) in [5.74, 6) is -2.03. The van der Waals surface area contributed by atoms with Crippen LogP contribution in [0.4, 0.5) is 4.39 Å². The molecule has 0 aromatic heterocycles. The van der Waals surface area contributed by atoms with Gasteiger partial charge >= 0.3 is 5.97 Å². The van der Waals surface area contributed by atoms with E-state index in [0.29, 0.717) is 18.6 Å². The summed E-state index contributed by atoms with van der Waals surface area (Å²) in [6, 6.07) is 5.75. The molecule has 0 fully saturated rings. The summed E-state index contributed by atoms with van der Waals surface area (Å²) < 4.78 is 17.9. The number of alkyl halides is 1. The van der Waals surface area contributed by atoms with E-state index in [0.717, 1.165) is 5.56 Å². The van der Waals surface area contributed by atoms with Crippen molar-refractivity contribution in [1.29, 1.82) is 0 Å². The standard InChI is InChI=1S/C13H14FNO4/c14-7-10(13(17)18)15-12(16)11-9-4-2-1-3-8(9)5-6-19-11/h1-4,10-11H,5-7H2,(H,15,16)(H,17,18). The largest absolute Gasteiger partial charge is 0.480 e. The Morgan fingerprint density at radius 1 is 1.47 bits per heavy atom. The second-order valence-corrected chi connectivity index (χ2v) is 4.25. The first-order chi connectivity index (χ1) is 9.13. The summed E-state index contributed by atoms with van der Waals surface area (Å²) in [6.07, 6.45) is -0.177. The third-order valence-corrected chi connectivity index (χ3v) is 3.00. The lowest BCUT2D eigenvalue weighted by Crippen LogP contribution is -2.45. The van der Waals surface area contributed by atoms with Gasteiger partial charge in [0.15, 0.2) is 12.1 Å². The Labute approximate surface area is 109 Å². The van der Waals surface area contributed by atoms with Gasteiger partial charge < -0.3 is 15.2 Å². The molecule has 1 aliphatic rings. The Morgan fingerprint density at radius 2 is 2.21 bits per heavy atom. The second kappa shape index (κ2) is 5.79. The molecule has 5 nitrogen and oxygen atoms in total. The summed E-state index contributed by atoms with van der Waals surface area (Å²) in [7, 11) is 0. The fraction of sp³-hybridized carbons (Fsp3) is 0.385. The summed E-state index contributed by atoms with van der Waals surface area (Å²) in [4.78, 5) is 22.7. The van der Waals surface area contributed by atoms with Crippen LogP contribution in [-0.2, 0) is 20.7 Å². The molecule has 1 heterocycles. The van der Waals surface area contributed by atoms with E-state index < -0.39 is 30.7 Å². The molecule has 0 aliphatic carbocycles. The zero-order valence-corrected chi connectivity index (χ0v) is 10.1. The van der Waals surface area contributed by atoms with Crippen molar-refractivity contribution in [3.8, 4) is 0 Å². The average molecular weight is 267 g/mol. The topological polar surface area (TPSA) is 75.6 Å². The molecule has 1 aliphatic heterocycles. The highest BCUT2D eigenvalue weighted by atomic mass is 19.1. The van der Waals surface area contributed by atoms with Gasteiger partial charge in [0.25, 0.3) is 5.91 Å². The highest BCUT2D eigenvalue weighted by Crippen LogP contribution is 2.27. The van der Waals surface area contributed by atoms with Crippen molar-refractivity contribution >= 4 is 11.9 Å². The minimum absolute atomic E-state index is 0.377. The van der Waals surface area contributed by atoms with Crippen LogP contribution in [0.1, 0.15) is 17.2 Å². The maximum Gasteiger partial charge on any atom is 0.328 e. The number of halogens is 1. The van der Waals surface area contributed by atoms with Gasteiger partial charge in [-0.3, -0.25) is 4.79 Å². The third kappa shape index (κ3) is 2.90. The molecule has 2 rings (SSSR count). The van der Waals surface area contributed by atoms with E-state index >= 15 is 0 Å². The van der Waals surface area contributed by atoms with Crippen LogP contribution >= 0.6 is 0 Å². The number of amides is 1.